The molecule has 0 bridgehead atoms. The van der Waals surface area contributed by atoms with Crippen LogP contribution in [0.15, 0.2) is 30.3 Å². The maximum atomic E-state index is 6.03. The highest BCUT2D eigenvalue weighted by molar-refractivity contribution is 7.52. The fraction of sp³-hybridized carbons (Fsp3) is 0.625. The molecule has 0 aliphatic rings. The van der Waals surface area contributed by atoms with E-state index in [0.717, 1.165) is 6.61 Å². The average molecular weight is 266 g/mol. The van der Waals surface area contributed by atoms with Gasteiger partial charge >= 0.3 is 0 Å². The number of hydrogen-bond acceptors (Lipinski definition) is 1. The van der Waals surface area contributed by atoms with E-state index in [1.807, 2.05) is 0 Å². The Morgan fingerprint density at radius 2 is 1.61 bits per heavy atom. The molecule has 0 amide bonds. The number of unbranched alkanes of at least 4 members (excludes halogenated alkanes) is 1. The van der Waals surface area contributed by atoms with Crippen molar-refractivity contribution in [2.45, 2.75) is 46.0 Å². The van der Waals surface area contributed by atoms with E-state index in [1.54, 1.807) is 0 Å². The van der Waals surface area contributed by atoms with Crippen LogP contribution in [-0.4, -0.2) is 18.9 Å². The van der Waals surface area contributed by atoms with Crippen LogP contribution in [0.2, 0.25) is 0 Å². The van der Waals surface area contributed by atoms with Crippen LogP contribution in [0.1, 0.15) is 45.1 Å². The smallest absolute Gasteiger partial charge is 0.0509 e. The predicted octanol–water partition coefficient (Wildman–Crippen LogP) is 5.24. The molecule has 0 unspecified atom stereocenters. The van der Waals surface area contributed by atoms with Crippen LogP contribution < -0.4 is 0 Å². The Bertz CT molecular complexity index is 280. The third-order valence-electron chi connectivity index (χ3n) is 2.92. The van der Waals surface area contributed by atoms with E-state index < -0.39 is 0 Å². The summed E-state index contributed by atoms with van der Waals surface area (Å²) in [7, 11) is -0.132. The molecule has 0 radical (unpaired) electrons. The molecule has 0 aliphatic heterocycles. The van der Waals surface area contributed by atoms with Crippen molar-refractivity contribution in [2.24, 2.45) is 0 Å². The van der Waals surface area contributed by atoms with Crippen LogP contribution in [0.25, 0.3) is 0 Å². The average Bonchev–Trinajstić information content (AvgIpc) is 2.40. The molecule has 0 spiro atoms. The van der Waals surface area contributed by atoms with Crippen LogP contribution in [0.3, 0.4) is 0 Å². The van der Waals surface area contributed by atoms with E-state index in [0.29, 0.717) is 0 Å². The SMILES string of the molecule is CCCP(CCC)OCCCCc1ccccc1. The minimum atomic E-state index is -0.132. The van der Waals surface area contributed by atoms with Crippen LogP contribution in [-0.2, 0) is 10.9 Å². The van der Waals surface area contributed by atoms with E-state index in [1.165, 1.54) is 50.0 Å². The highest BCUT2D eigenvalue weighted by atomic mass is 31.1. The summed E-state index contributed by atoms with van der Waals surface area (Å²) in [4.78, 5) is 0. The lowest BCUT2D eigenvalue weighted by Gasteiger charge is -2.16. The molecule has 1 rings (SSSR count). The Hall–Kier alpha value is -0.390. The molecule has 2 heteroatoms. The molecular formula is C16H27OP. The van der Waals surface area contributed by atoms with Crippen molar-refractivity contribution < 1.29 is 4.52 Å². The molecule has 0 aliphatic carbocycles. The van der Waals surface area contributed by atoms with Gasteiger partial charge < -0.3 is 4.52 Å². The molecule has 0 aromatic heterocycles. The molecule has 1 aromatic carbocycles. The Morgan fingerprint density at radius 1 is 0.944 bits per heavy atom. The molecule has 0 fully saturated rings. The zero-order chi connectivity index (χ0) is 13.1. The van der Waals surface area contributed by atoms with Crippen molar-refractivity contribution in [3.8, 4) is 0 Å². The van der Waals surface area contributed by atoms with Crippen molar-refractivity contribution in [2.75, 3.05) is 18.9 Å². The summed E-state index contributed by atoms with van der Waals surface area (Å²) in [5, 5.41) is 0. The first-order valence-electron chi connectivity index (χ1n) is 7.28. The second-order valence-electron chi connectivity index (χ2n) is 4.70. The Balaban J connectivity index is 2.06. The highest BCUT2D eigenvalue weighted by Crippen LogP contribution is 2.38. The maximum Gasteiger partial charge on any atom is 0.0509 e. The monoisotopic (exact) mass is 266 g/mol. The number of rotatable bonds is 10. The lowest BCUT2D eigenvalue weighted by molar-refractivity contribution is 0.338. The van der Waals surface area contributed by atoms with Gasteiger partial charge in [-0.15, -0.1) is 0 Å². The minimum absolute atomic E-state index is 0.132. The number of aryl methyl sites for hydroxylation is 1. The molecule has 102 valence electrons. The predicted molar refractivity (Wildman–Crippen MR) is 82.6 cm³/mol. The van der Waals surface area contributed by atoms with Gasteiger partial charge in [-0.1, -0.05) is 57.0 Å². The zero-order valence-electron chi connectivity index (χ0n) is 11.9. The van der Waals surface area contributed by atoms with E-state index in [-0.39, 0.29) is 8.15 Å². The minimum Gasteiger partial charge on any atom is -0.359 e. The second kappa shape index (κ2) is 10.5. The molecule has 0 saturated heterocycles. The van der Waals surface area contributed by atoms with Gasteiger partial charge in [-0.25, -0.2) is 0 Å². The first-order chi connectivity index (χ1) is 8.86. The molecule has 0 atom stereocenters. The van der Waals surface area contributed by atoms with Gasteiger partial charge in [0, 0.05) is 8.15 Å². The van der Waals surface area contributed by atoms with Crippen molar-refractivity contribution >= 4 is 8.15 Å². The van der Waals surface area contributed by atoms with E-state index in [2.05, 4.69) is 44.2 Å². The molecule has 1 aromatic rings. The Morgan fingerprint density at radius 3 is 2.22 bits per heavy atom. The van der Waals surface area contributed by atoms with E-state index >= 15 is 0 Å². The van der Waals surface area contributed by atoms with Gasteiger partial charge in [-0.05, 0) is 37.1 Å². The van der Waals surface area contributed by atoms with Crippen molar-refractivity contribution in [1.29, 1.82) is 0 Å². The van der Waals surface area contributed by atoms with Gasteiger partial charge in [-0.2, -0.15) is 0 Å². The summed E-state index contributed by atoms with van der Waals surface area (Å²) >= 11 is 0. The quantitative estimate of drug-likeness (QED) is 0.415. The van der Waals surface area contributed by atoms with Gasteiger partial charge in [0.1, 0.15) is 0 Å². The number of benzene rings is 1. The summed E-state index contributed by atoms with van der Waals surface area (Å²) < 4.78 is 6.03. The standard InChI is InChI=1S/C16H27OP/c1-3-14-18(15-4-2)17-13-9-8-12-16-10-6-5-7-11-16/h5-7,10-11H,3-4,8-9,12-15H2,1-2H3. The van der Waals surface area contributed by atoms with Gasteiger partial charge in [-0.3, -0.25) is 0 Å². The molecule has 0 heterocycles. The van der Waals surface area contributed by atoms with Crippen LogP contribution in [0.4, 0.5) is 0 Å². The van der Waals surface area contributed by atoms with Gasteiger partial charge in [0.05, 0.1) is 6.61 Å². The van der Waals surface area contributed by atoms with E-state index in [9.17, 15) is 0 Å². The maximum absolute atomic E-state index is 6.03. The summed E-state index contributed by atoms with van der Waals surface area (Å²) in [5.41, 5.74) is 1.45. The fourth-order valence-electron chi connectivity index (χ4n) is 2.01. The Labute approximate surface area is 114 Å². The van der Waals surface area contributed by atoms with Gasteiger partial charge in [0.25, 0.3) is 0 Å². The topological polar surface area (TPSA) is 9.23 Å². The molecule has 0 saturated carbocycles. The normalized spacial score (nSPS) is 11.1. The lowest BCUT2D eigenvalue weighted by atomic mass is 10.1. The summed E-state index contributed by atoms with van der Waals surface area (Å²) in [5.74, 6) is 0. The lowest BCUT2D eigenvalue weighted by Crippen LogP contribution is -1.97. The van der Waals surface area contributed by atoms with E-state index in [4.69, 9.17) is 4.52 Å². The van der Waals surface area contributed by atoms with Crippen LogP contribution >= 0.6 is 8.15 Å². The Kier molecular flexibility index (Phi) is 9.16. The fourth-order valence-corrected chi connectivity index (χ4v) is 3.88. The van der Waals surface area contributed by atoms with Crippen molar-refractivity contribution in [3.05, 3.63) is 35.9 Å². The first-order valence-corrected chi connectivity index (χ1v) is 8.91. The molecule has 18 heavy (non-hydrogen) atoms. The molecule has 1 nitrogen and oxygen atoms in total. The second-order valence-corrected chi connectivity index (χ2v) is 6.82. The third-order valence-corrected chi connectivity index (χ3v) is 5.36. The zero-order valence-corrected chi connectivity index (χ0v) is 12.8. The van der Waals surface area contributed by atoms with Crippen LogP contribution in [0.5, 0.6) is 0 Å². The molecular weight excluding hydrogens is 239 g/mol. The van der Waals surface area contributed by atoms with Gasteiger partial charge in [0.15, 0.2) is 0 Å². The van der Waals surface area contributed by atoms with Crippen molar-refractivity contribution in [3.63, 3.8) is 0 Å². The summed E-state index contributed by atoms with van der Waals surface area (Å²) in [6, 6.07) is 10.7. The number of hydrogen-bond donors (Lipinski definition) is 0. The third kappa shape index (κ3) is 7.13. The molecule has 0 N–H and O–H groups in total. The first kappa shape index (κ1) is 15.7. The summed E-state index contributed by atoms with van der Waals surface area (Å²) in [6.07, 6.45) is 8.70. The highest BCUT2D eigenvalue weighted by Gasteiger charge is 2.05. The summed E-state index contributed by atoms with van der Waals surface area (Å²) in [6.45, 7) is 5.46. The largest absolute Gasteiger partial charge is 0.359 e. The van der Waals surface area contributed by atoms with Crippen molar-refractivity contribution in [1.82, 2.24) is 0 Å². The van der Waals surface area contributed by atoms with Crippen LogP contribution in [0, 0.1) is 0 Å². The van der Waals surface area contributed by atoms with Gasteiger partial charge in [0.2, 0.25) is 0 Å².